The minimum Gasteiger partial charge on any atom is -0.497 e. The van der Waals surface area contributed by atoms with Crippen molar-refractivity contribution in [3.63, 3.8) is 0 Å². The van der Waals surface area contributed by atoms with E-state index in [2.05, 4.69) is 16.7 Å². The Balaban J connectivity index is 1.57. The van der Waals surface area contributed by atoms with Gasteiger partial charge in [0.2, 0.25) is 0 Å². The van der Waals surface area contributed by atoms with Gasteiger partial charge in [-0.25, -0.2) is 0 Å². The second-order valence-corrected chi connectivity index (χ2v) is 8.26. The third-order valence-corrected chi connectivity index (χ3v) is 6.42. The van der Waals surface area contributed by atoms with E-state index in [1.54, 1.807) is 18.4 Å². The molecule has 0 aliphatic heterocycles. The standard InChI is InChI=1S/C24H26N2O3S/c1-3-29-20-12-5-4-11-19(20)26-23(27)22-18-10-7-13-21(18)30-24(22)25-15-16-8-6-9-17(14-16)28-2/h4-6,8-9,11-12,14,25H,3,7,10,13,15H2,1-2H3,(H,26,27). The van der Waals surface area contributed by atoms with Gasteiger partial charge in [0, 0.05) is 11.4 Å². The average molecular weight is 423 g/mol. The number of carbonyl (C=O) groups is 1. The first-order valence-electron chi connectivity index (χ1n) is 10.2. The number of thiophene rings is 1. The van der Waals surface area contributed by atoms with E-state index in [0.717, 1.165) is 41.1 Å². The SMILES string of the molecule is CCOc1ccccc1NC(=O)c1c(NCc2cccc(OC)c2)sc2c1CCC2. The van der Waals surface area contributed by atoms with Gasteiger partial charge >= 0.3 is 0 Å². The summed E-state index contributed by atoms with van der Waals surface area (Å²) in [5.41, 5.74) is 3.75. The van der Waals surface area contributed by atoms with E-state index < -0.39 is 0 Å². The highest BCUT2D eigenvalue weighted by atomic mass is 32.1. The Hall–Kier alpha value is -2.99. The average Bonchev–Trinajstić information content (AvgIpc) is 3.35. The maximum Gasteiger partial charge on any atom is 0.259 e. The third kappa shape index (κ3) is 4.28. The van der Waals surface area contributed by atoms with Gasteiger partial charge in [-0.05, 0) is 61.6 Å². The Labute approximate surface area is 181 Å². The van der Waals surface area contributed by atoms with E-state index in [4.69, 9.17) is 9.47 Å². The number of para-hydroxylation sites is 2. The predicted octanol–water partition coefficient (Wildman–Crippen LogP) is 5.51. The van der Waals surface area contributed by atoms with Crippen LogP contribution in [0.4, 0.5) is 10.7 Å². The molecule has 0 atom stereocenters. The molecule has 2 N–H and O–H groups in total. The zero-order valence-electron chi connectivity index (χ0n) is 17.3. The van der Waals surface area contributed by atoms with Crippen LogP contribution < -0.4 is 20.1 Å². The van der Waals surface area contributed by atoms with Gasteiger partial charge in [-0.2, -0.15) is 0 Å². The number of rotatable bonds is 8. The molecule has 6 heteroatoms. The molecule has 0 unspecified atom stereocenters. The van der Waals surface area contributed by atoms with Crippen LogP contribution >= 0.6 is 11.3 Å². The van der Waals surface area contributed by atoms with Crippen molar-refractivity contribution < 1.29 is 14.3 Å². The van der Waals surface area contributed by atoms with Crippen LogP contribution in [0, 0.1) is 0 Å². The summed E-state index contributed by atoms with van der Waals surface area (Å²) < 4.78 is 11.0. The number of hydrogen-bond acceptors (Lipinski definition) is 5. The highest BCUT2D eigenvalue weighted by molar-refractivity contribution is 7.16. The molecule has 5 nitrogen and oxygen atoms in total. The highest BCUT2D eigenvalue weighted by Gasteiger charge is 2.27. The summed E-state index contributed by atoms with van der Waals surface area (Å²) in [6.07, 6.45) is 3.09. The molecular weight excluding hydrogens is 396 g/mol. The summed E-state index contributed by atoms with van der Waals surface area (Å²) in [4.78, 5) is 14.6. The van der Waals surface area contributed by atoms with Crippen LogP contribution in [0.2, 0.25) is 0 Å². The molecule has 1 heterocycles. The molecule has 1 aliphatic carbocycles. The number of fused-ring (bicyclic) bond motifs is 1. The number of aryl methyl sites for hydroxylation is 1. The Kier molecular flexibility index (Phi) is 6.23. The molecule has 0 spiro atoms. The van der Waals surface area contributed by atoms with Gasteiger partial charge in [-0.3, -0.25) is 4.79 Å². The van der Waals surface area contributed by atoms with Gasteiger partial charge in [0.1, 0.15) is 16.5 Å². The molecule has 0 bridgehead atoms. The van der Waals surface area contributed by atoms with Crippen molar-refractivity contribution in [2.75, 3.05) is 24.4 Å². The highest BCUT2D eigenvalue weighted by Crippen LogP contribution is 2.40. The van der Waals surface area contributed by atoms with Crippen molar-refractivity contribution in [3.05, 3.63) is 70.1 Å². The van der Waals surface area contributed by atoms with Crippen LogP contribution in [-0.2, 0) is 19.4 Å². The third-order valence-electron chi connectivity index (χ3n) is 5.17. The fourth-order valence-electron chi connectivity index (χ4n) is 3.77. The number of hydrogen-bond donors (Lipinski definition) is 2. The molecular formula is C24H26N2O3S. The summed E-state index contributed by atoms with van der Waals surface area (Å²) in [5, 5.41) is 7.48. The molecule has 0 saturated heterocycles. The van der Waals surface area contributed by atoms with Gasteiger partial charge in [-0.1, -0.05) is 24.3 Å². The second-order valence-electron chi connectivity index (χ2n) is 7.15. The van der Waals surface area contributed by atoms with Crippen molar-refractivity contribution in [2.45, 2.75) is 32.7 Å². The lowest BCUT2D eigenvalue weighted by molar-refractivity contribution is 0.102. The molecule has 156 valence electrons. The number of amides is 1. The Morgan fingerprint density at radius 3 is 2.83 bits per heavy atom. The zero-order chi connectivity index (χ0) is 20.9. The Morgan fingerprint density at radius 1 is 1.13 bits per heavy atom. The van der Waals surface area contributed by atoms with E-state index in [-0.39, 0.29) is 5.91 Å². The van der Waals surface area contributed by atoms with Crippen LogP contribution in [0.5, 0.6) is 11.5 Å². The molecule has 30 heavy (non-hydrogen) atoms. The maximum atomic E-state index is 13.3. The predicted molar refractivity (Wildman–Crippen MR) is 122 cm³/mol. The molecule has 0 radical (unpaired) electrons. The van der Waals surface area contributed by atoms with Crippen LogP contribution in [0.3, 0.4) is 0 Å². The summed E-state index contributed by atoms with van der Waals surface area (Å²) in [5.74, 6) is 1.43. The number of benzene rings is 2. The topological polar surface area (TPSA) is 59.6 Å². The van der Waals surface area contributed by atoms with Crippen molar-refractivity contribution in [1.82, 2.24) is 0 Å². The van der Waals surface area contributed by atoms with Crippen molar-refractivity contribution >= 4 is 27.9 Å². The van der Waals surface area contributed by atoms with E-state index in [9.17, 15) is 4.79 Å². The minimum absolute atomic E-state index is 0.0882. The lowest BCUT2D eigenvalue weighted by atomic mass is 10.1. The summed E-state index contributed by atoms with van der Waals surface area (Å²) in [6, 6.07) is 15.5. The number of carbonyl (C=O) groups excluding carboxylic acids is 1. The van der Waals surface area contributed by atoms with Gasteiger partial charge in [0.25, 0.3) is 5.91 Å². The number of nitrogens with one attached hydrogen (secondary N) is 2. The first-order valence-corrected chi connectivity index (χ1v) is 11.1. The number of methoxy groups -OCH3 is 1. The minimum atomic E-state index is -0.0882. The van der Waals surface area contributed by atoms with Crippen molar-refractivity contribution in [2.24, 2.45) is 0 Å². The lowest BCUT2D eigenvalue weighted by Gasteiger charge is -2.13. The molecule has 0 saturated carbocycles. The monoisotopic (exact) mass is 422 g/mol. The summed E-state index contributed by atoms with van der Waals surface area (Å²) in [6.45, 7) is 3.12. The second kappa shape index (κ2) is 9.22. The van der Waals surface area contributed by atoms with E-state index in [0.29, 0.717) is 24.6 Å². The molecule has 1 aromatic heterocycles. The molecule has 4 rings (SSSR count). The molecule has 1 amide bonds. The Bertz CT molecular complexity index is 1040. The fourth-order valence-corrected chi connectivity index (χ4v) is 5.05. The number of anilines is 2. The lowest BCUT2D eigenvalue weighted by Crippen LogP contribution is -2.16. The fraction of sp³-hybridized carbons (Fsp3) is 0.292. The summed E-state index contributed by atoms with van der Waals surface area (Å²) in [7, 11) is 1.67. The van der Waals surface area contributed by atoms with Gasteiger partial charge in [0.15, 0.2) is 0 Å². The van der Waals surface area contributed by atoms with E-state index in [1.165, 1.54) is 10.4 Å². The van der Waals surface area contributed by atoms with Crippen LogP contribution in [-0.4, -0.2) is 19.6 Å². The molecule has 3 aromatic rings. The van der Waals surface area contributed by atoms with Crippen molar-refractivity contribution in [3.8, 4) is 11.5 Å². The maximum absolute atomic E-state index is 13.3. The first kappa shape index (κ1) is 20.3. The molecule has 1 aliphatic rings. The largest absolute Gasteiger partial charge is 0.497 e. The van der Waals surface area contributed by atoms with E-state index >= 15 is 0 Å². The molecule has 2 aromatic carbocycles. The first-order chi connectivity index (χ1) is 14.7. The van der Waals surface area contributed by atoms with Crippen LogP contribution in [0.15, 0.2) is 48.5 Å². The van der Waals surface area contributed by atoms with Gasteiger partial charge in [0.05, 0.1) is 25.0 Å². The van der Waals surface area contributed by atoms with Gasteiger partial charge < -0.3 is 20.1 Å². The number of ether oxygens (including phenoxy) is 2. The zero-order valence-corrected chi connectivity index (χ0v) is 18.1. The van der Waals surface area contributed by atoms with Crippen LogP contribution in [0.25, 0.3) is 0 Å². The quantitative estimate of drug-likeness (QED) is 0.503. The van der Waals surface area contributed by atoms with E-state index in [1.807, 2.05) is 49.4 Å². The van der Waals surface area contributed by atoms with Crippen molar-refractivity contribution in [1.29, 1.82) is 0 Å². The Morgan fingerprint density at radius 2 is 2.00 bits per heavy atom. The summed E-state index contributed by atoms with van der Waals surface area (Å²) >= 11 is 1.70. The van der Waals surface area contributed by atoms with Crippen LogP contribution in [0.1, 0.15) is 39.7 Å². The normalized spacial score (nSPS) is 12.3. The molecule has 0 fully saturated rings. The van der Waals surface area contributed by atoms with Gasteiger partial charge in [-0.15, -0.1) is 11.3 Å². The smallest absolute Gasteiger partial charge is 0.259 e.